The molecule has 152 valence electrons. The van der Waals surface area contributed by atoms with Crippen LogP contribution in [0.1, 0.15) is 42.9 Å². The fourth-order valence-electron chi connectivity index (χ4n) is 3.25. The second-order valence-electron chi connectivity index (χ2n) is 6.95. The Hall–Kier alpha value is -3.35. The maximum Gasteiger partial charge on any atom is 0.305 e. The largest absolute Gasteiger partial charge is 0.494 e. The van der Waals surface area contributed by atoms with Gasteiger partial charge >= 0.3 is 5.97 Å². The number of aryl methyl sites for hydroxylation is 1. The van der Waals surface area contributed by atoms with Crippen molar-refractivity contribution in [3.8, 4) is 5.75 Å². The molecule has 2 aromatic carbocycles. The SMILES string of the molecule is O=C(O)CC(NC(=O)CCCOc1ccc2c(c1)CCC(=O)N2)c1ccccc1. The van der Waals surface area contributed by atoms with Gasteiger partial charge < -0.3 is 20.5 Å². The third kappa shape index (κ3) is 6.07. The van der Waals surface area contributed by atoms with Gasteiger partial charge in [0.1, 0.15) is 5.75 Å². The van der Waals surface area contributed by atoms with Gasteiger partial charge in [-0.05, 0) is 42.2 Å². The van der Waals surface area contributed by atoms with Crippen LogP contribution < -0.4 is 15.4 Å². The van der Waals surface area contributed by atoms with Gasteiger partial charge in [-0.2, -0.15) is 0 Å². The van der Waals surface area contributed by atoms with Crippen LogP contribution in [0, 0.1) is 0 Å². The fourth-order valence-corrected chi connectivity index (χ4v) is 3.25. The van der Waals surface area contributed by atoms with Crippen molar-refractivity contribution >= 4 is 23.5 Å². The Morgan fingerprint density at radius 3 is 2.69 bits per heavy atom. The minimum Gasteiger partial charge on any atom is -0.494 e. The molecule has 0 saturated carbocycles. The van der Waals surface area contributed by atoms with Gasteiger partial charge in [0, 0.05) is 18.5 Å². The minimum absolute atomic E-state index is 0.0221. The molecule has 1 aliphatic heterocycles. The normalized spacial score (nSPS) is 13.7. The van der Waals surface area contributed by atoms with E-state index in [1.807, 2.05) is 30.3 Å². The van der Waals surface area contributed by atoms with E-state index in [1.54, 1.807) is 18.2 Å². The van der Waals surface area contributed by atoms with E-state index in [-0.39, 0.29) is 24.7 Å². The smallest absolute Gasteiger partial charge is 0.305 e. The lowest BCUT2D eigenvalue weighted by Crippen LogP contribution is -2.30. The Morgan fingerprint density at radius 1 is 1.14 bits per heavy atom. The summed E-state index contributed by atoms with van der Waals surface area (Å²) in [6.07, 6.45) is 1.73. The van der Waals surface area contributed by atoms with Crippen LogP contribution in [0.2, 0.25) is 0 Å². The lowest BCUT2D eigenvalue weighted by molar-refractivity contribution is -0.137. The average Bonchev–Trinajstić information content (AvgIpc) is 2.71. The molecule has 1 heterocycles. The van der Waals surface area contributed by atoms with E-state index in [9.17, 15) is 14.4 Å². The Morgan fingerprint density at radius 2 is 1.93 bits per heavy atom. The van der Waals surface area contributed by atoms with E-state index in [1.165, 1.54) is 0 Å². The van der Waals surface area contributed by atoms with Crippen LogP contribution in [-0.2, 0) is 20.8 Å². The molecule has 0 aromatic heterocycles. The van der Waals surface area contributed by atoms with Gasteiger partial charge in [0.15, 0.2) is 0 Å². The van der Waals surface area contributed by atoms with Crippen LogP contribution in [0.5, 0.6) is 5.75 Å². The lowest BCUT2D eigenvalue weighted by Gasteiger charge is -2.18. The summed E-state index contributed by atoms with van der Waals surface area (Å²) in [5.74, 6) is -0.454. The highest BCUT2D eigenvalue weighted by atomic mass is 16.5. The van der Waals surface area contributed by atoms with Crippen LogP contribution in [0.15, 0.2) is 48.5 Å². The number of hydrogen-bond acceptors (Lipinski definition) is 4. The standard InChI is InChI=1S/C22H24N2O5/c25-20(24-19(14-22(27)28)15-5-2-1-3-6-15)7-4-12-29-17-9-10-18-16(13-17)8-11-21(26)23-18/h1-3,5-6,9-10,13,19H,4,7-8,11-12,14H2,(H,23,26)(H,24,25)(H,27,28). The average molecular weight is 396 g/mol. The number of carboxylic acids is 1. The van der Waals surface area contributed by atoms with Gasteiger partial charge in [0.2, 0.25) is 11.8 Å². The van der Waals surface area contributed by atoms with Gasteiger partial charge in [-0.3, -0.25) is 14.4 Å². The molecule has 3 rings (SSSR count). The first kappa shape index (κ1) is 20.4. The zero-order valence-corrected chi connectivity index (χ0v) is 16.0. The molecule has 0 fully saturated rings. The van der Waals surface area contributed by atoms with Crippen molar-refractivity contribution in [1.29, 1.82) is 0 Å². The minimum atomic E-state index is -0.967. The molecule has 29 heavy (non-hydrogen) atoms. The fraction of sp³-hybridized carbons (Fsp3) is 0.318. The molecule has 1 atom stereocenters. The van der Waals surface area contributed by atoms with Gasteiger partial charge in [0.25, 0.3) is 0 Å². The highest BCUT2D eigenvalue weighted by Crippen LogP contribution is 2.27. The predicted octanol–water partition coefficient (Wildman–Crippen LogP) is 3.06. The number of carbonyl (C=O) groups is 3. The van der Waals surface area contributed by atoms with Gasteiger partial charge in [-0.25, -0.2) is 0 Å². The third-order valence-corrected chi connectivity index (χ3v) is 4.71. The summed E-state index contributed by atoms with van der Waals surface area (Å²) >= 11 is 0. The van der Waals surface area contributed by atoms with Crippen LogP contribution in [0.3, 0.4) is 0 Å². The van der Waals surface area contributed by atoms with Crippen LogP contribution in [0.4, 0.5) is 5.69 Å². The van der Waals surface area contributed by atoms with Gasteiger partial charge in [-0.1, -0.05) is 30.3 Å². The van der Waals surface area contributed by atoms with Crippen molar-refractivity contribution in [2.24, 2.45) is 0 Å². The molecule has 0 aliphatic carbocycles. The van der Waals surface area contributed by atoms with E-state index >= 15 is 0 Å². The summed E-state index contributed by atoms with van der Waals surface area (Å²) in [5, 5.41) is 14.7. The Bertz CT molecular complexity index is 882. The predicted molar refractivity (Wildman–Crippen MR) is 108 cm³/mol. The van der Waals surface area contributed by atoms with Crippen LogP contribution >= 0.6 is 0 Å². The molecular weight excluding hydrogens is 372 g/mol. The first-order valence-corrected chi connectivity index (χ1v) is 9.63. The molecule has 2 amide bonds. The number of rotatable bonds is 9. The summed E-state index contributed by atoms with van der Waals surface area (Å²) in [6.45, 7) is 0.369. The molecule has 2 aromatic rings. The molecule has 0 spiro atoms. The summed E-state index contributed by atoms with van der Waals surface area (Å²) in [4.78, 5) is 34.7. The van der Waals surface area contributed by atoms with Crippen LogP contribution in [0.25, 0.3) is 0 Å². The second-order valence-corrected chi connectivity index (χ2v) is 6.95. The monoisotopic (exact) mass is 396 g/mol. The quantitative estimate of drug-likeness (QED) is 0.565. The number of ether oxygens (including phenoxy) is 1. The highest BCUT2D eigenvalue weighted by molar-refractivity contribution is 5.94. The number of hydrogen-bond donors (Lipinski definition) is 3. The maximum absolute atomic E-state index is 12.2. The zero-order chi connectivity index (χ0) is 20.6. The van der Waals surface area contributed by atoms with E-state index in [2.05, 4.69) is 10.6 Å². The lowest BCUT2D eigenvalue weighted by atomic mass is 10.0. The van der Waals surface area contributed by atoms with E-state index in [4.69, 9.17) is 9.84 Å². The highest BCUT2D eigenvalue weighted by Gasteiger charge is 2.18. The number of amides is 2. The first-order valence-electron chi connectivity index (χ1n) is 9.63. The number of anilines is 1. The summed E-state index contributed by atoms with van der Waals surface area (Å²) in [7, 11) is 0. The molecule has 3 N–H and O–H groups in total. The molecule has 7 heteroatoms. The zero-order valence-electron chi connectivity index (χ0n) is 16.0. The Labute approximate surface area is 169 Å². The number of benzene rings is 2. The first-order chi connectivity index (χ1) is 14.0. The van der Waals surface area contributed by atoms with E-state index < -0.39 is 12.0 Å². The number of carboxylic acid groups (broad SMARTS) is 1. The van der Waals surface area contributed by atoms with Gasteiger partial charge in [0.05, 0.1) is 19.1 Å². The topological polar surface area (TPSA) is 105 Å². The van der Waals surface area contributed by atoms with Crippen molar-refractivity contribution in [2.45, 2.75) is 38.1 Å². The number of carbonyl (C=O) groups excluding carboxylic acids is 2. The number of fused-ring (bicyclic) bond motifs is 1. The number of aliphatic carboxylic acids is 1. The van der Waals surface area contributed by atoms with Crippen molar-refractivity contribution in [3.05, 3.63) is 59.7 Å². The Kier molecular flexibility index (Phi) is 6.84. The summed E-state index contributed by atoms with van der Waals surface area (Å²) in [5.41, 5.74) is 2.62. The van der Waals surface area contributed by atoms with Crippen LogP contribution in [-0.4, -0.2) is 29.5 Å². The molecule has 0 saturated heterocycles. The van der Waals surface area contributed by atoms with Crippen molar-refractivity contribution in [1.82, 2.24) is 5.32 Å². The molecule has 0 bridgehead atoms. The van der Waals surface area contributed by atoms with Gasteiger partial charge in [-0.15, -0.1) is 0 Å². The van der Waals surface area contributed by atoms with Crippen molar-refractivity contribution < 1.29 is 24.2 Å². The second kappa shape index (κ2) is 9.73. The van der Waals surface area contributed by atoms with Crippen molar-refractivity contribution in [2.75, 3.05) is 11.9 Å². The summed E-state index contributed by atoms with van der Waals surface area (Å²) in [6, 6.07) is 14.0. The summed E-state index contributed by atoms with van der Waals surface area (Å²) < 4.78 is 5.72. The van der Waals surface area contributed by atoms with E-state index in [0.29, 0.717) is 31.6 Å². The maximum atomic E-state index is 12.2. The molecule has 0 radical (unpaired) electrons. The third-order valence-electron chi connectivity index (χ3n) is 4.71. The number of nitrogens with one attached hydrogen (secondary N) is 2. The molecule has 1 unspecified atom stereocenters. The molecule has 1 aliphatic rings. The van der Waals surface area contributed by atoms with E-state index in [0.717, 1.165) is 16.8 Å². The molecular formula is C22H24N2O5. The molecule has 7 nitrogen and oxygen atoms in total. The van der Waals surface area contributed by atoms with Crippen molar-refractivity contribution in [3.63, 3.8) is 0 Å². The Balaban J connectivity index is 1.45.